The van der Waals surface area contributed by atoms with E-state index in [2.05, 4.69) is 0 Å². The van der Waals surface area contributed by atoms with E-state index in [1.54, 1.807) is 6.92 Å². The lowest BCUT2D eigenvalue weighted by Crippen LogP contribution is -2.09. The summed E-state index contributed by atoms with van der Waals surface area (Å²) in [5.74, 6) is -0.798. The number of nitro benzene ring substituents is 1. The van der Waals surface area contributed by atoms with Gasteiger partial charge in [0, 0.05) is 34.2 Å². The highest BCUT2D eigenvalue weighted by Gasteiger charge is 2.26. The molecule has 2 aromatic carbocycles. The van der Waals surface area contributed by atoms with Crippen LogP contribution in [0, 0.1) is 17.0 Å². The number of benzene rings is 2. The minimum Gasteiger partial charge on any atom is -0.508 e. The number of phenolic OH excluding ortho intramolecular Hbond substituents is 2. The van der Waals surface area contributed by atoms with E-state index in [0.717, 1.165) is 0 Å². The molecule has 1 aliphatic rings. The molecule has 128 valence electrons. The highest BCUT2D eigenvalue weighted by Crippen LogP contribution is 2.41. The maximum Gasteiger partial charge on any atom is 0.272 e. The fourth-order valence-corrected chi connectivity index (χ4v) is 3.24. The lowest BCUT2D eigenvalue weighted by Gasteiger charge is -2.21. The second-order valence-electron chi connectivity index (χ2n) is 6.19. The van der Waals surface area contributed by atoms with E-state index in [0.29, 0.717) is 23.1 Å². The molecular weight excluding hydrogens is 322 g/mol. The quantitative estimate of drug-likeness (QED) is 0.291. The minimum atomic E-state index is -0.514. The first kappa shape index (κ1) is 16.7. The molecule has 6 heteroatoms. The SMILES string of the molecule is Cc1cc(C(=O)c2cc(O)c3c(c2O)C(C)C=CC3)ccc1[N+](=O)[O-]. The molecule has 25 heavy (non-hydrogen) atoms. The molecular formula is C19H17NO5. The molecule has 2 N–H and O–H groups in total. The van der Waals surface area contributed by atoms with Crippen LogP contribution < -0.4 is 0 Å². The zero-order valence-electron chi connectivity index (χ0n) is 13.8. The van der Waals surface area contributed by atoms with Gasteiger partial charge in [0.25, 0.3) is 5.69 Å². The number of fused-ring (bicyclic) bond motifs is 1. The van der Waals surface area contributed by atoms with Crippen molar-refractivity contribution >= 4 is 11.5 Å². The van der Waals surface area contributed by atoms with Gasteiger partial charge in [0.2, 0.25) is 0 Å². The molecule has 0 spiro atoms. The van der Waals surface area contributed by atoms with Gasteiger partial charge in [0.15, 0.2) is 5.78 Å². The number of aryl methyl sites for hydroxylation is 1. The van der Waals surface area contributed by atoms with Crippen molar-refractivity contribution in [2.75, 3.05) is 0 Å². The van der Waals surface area contributed by atoms with Crippen LogP contribution in [-0.4, -0.2) is 20.9 Å². The van der Waals surface area contributed by atoms with Gasteiger partial charge in [-0.25, -0.2) is 0 Å². The number of phenols is 2. The number of hydrogen-bond acceptors (Lipinski definition) is 5. The number of ketones is 1. The van der Waals surface area contributed by atoms with Crippen LogP contribution in [0.3, 0.4) is 0 Å². The van der Waals surface area contributed by atoms with Gasteiger partial charge in [-0.1, -0.05) is 19.1 Å². The number of nitro groups is 1. The third kappa shape index (κ3) is 2.76. The Morgan fingerprint density at radius 2 is 2.00 bits per heavy atom. The van der Waals surface area contributed by atoms with Gasteiger partial charge in [0.1, 0.15) is 11.5 Å². The van der Waals surface area contributed by atoms with Crippen molar-refractivity contribution in [1.82, 2.24) is 0 Å². The Morgan fingerprint density at radius 1 is 1.28 bits per heavy atom. The molecule has 1 aliphatic carbocycles. The highest BCUT2D eigenvalue weighted by atomic mass is 16.6. The van der Waals surface area contributed by atoms with Crippen LogP contribution in [0.2, 0.25) is 0 Å². The molecule has 3 rings (SSSR count). The van der Waals surface area contributed by atoms with E-state index in [4.69, 9.17) is 0 Å². The monoisotopic (exact) mass is 339 g/mol. The van der Waals surface area contributed by atoms with Crippen molar-refractivity contribution in [3.8, 4) is 11.5 Å². The van der Waals surface area contributed by atoms with Crippen molar-refractivity contribution in [1.29, 1.82) is 0 Å². The summed E-state index contributed by atoms with van der Waals surface area (Å²) in [6.45, 7) is 3.42. The molecule has 0 amide bonds. The summed E-state index contributed by atoms with van der Waals surface area (Å²) < 4.78 is 0. The zero-order chi connectivity index (χ0) is 18.3. The van der Waals surface area contributed by atoms with Gasteiger partial charge in [-0.15, -0.1) is 0 Å². The molecule has 0 bridgehead atoms. The largest absolute Gasteiger partial charge is 0.508 e. The molecule has 6 nitrogen and oxygen atoms in total. The van der Waals surface area contributed by atoms with Crippen LogP contribution in [0.15, 0.2) is 36.4 Å². The van der Waals surface area contributed by atoms with Crippen molar-refractivity contribution in [3.05, 3.63) is 74.3 Å². The number of nitrogens with zero attached hydrogens (tertiary/aromatic N) is 1. The van der Waals surface area contributed by atoms with Crippen LogP contribution in [0.25, 0.3) is 0 Å². The van der Waals surface area contributed by atoms with E-state index < -0.39 is 10.7 Å². The van der Waals surface area contributed by atoms with E-state index >= 15 is 0 Å². The molecule has 2 aromatic rings. The predicted octanol–water partition coefficient (Wildman–Crippen LogP) is 3.76. The molecule has 1 unspecified atom stereocenters. The summed E-state index contributed by atoms with van der Waals surface area (Å²) in [6, 6.07) is 5.30. The predicted molar refractivity (Wildman–Crippen MR) is 92.3 cm³/mol. The Balaban J connectivity index is 2.10. The van der Waals surface area contributed by atoms with E-state index in [9.17, 15) is 25.1 Å². The summed E-state index contributed by atoms with van der Waals surface area (Å²) >= 11 is 0. The number of carbonyl (C=O) groups excluding carboxylic acids is 1. The van der Waals surface area contributed by atoms with Gasteiger partial charge in [-0.2, -0.15) is 0 Å². The summed E-state index contributed by atoms with van der Waals surface area (Å²) in [6.07, 6.45) is 4.31. The Morgan fingerprint density at radius 3 is 2.64 bits per heavy atom. The van der Waals surface area contributed by atoms with E-state index in [1.807, 2.05) is 19.1 Å². The second kappa shape index (κ2) is 6.05. The van der Waals surface area contributed by atoms with Crippen LogP contribution >= 0.6 is 0 Å². The first-order valence-corrected chi connectivity index (χ1v) is 7.85. The van der Waals surface area contributed by atoms with Crippen molar-refractivity contribution < 1.29 is 19.9 Å². The van der Waals surface area contributed by atoms with Gasteiger partial charge in [-0.3, -0.25) is 14.9 Å². The fraction of sp³-hybridized carbons (Fsp3) is 0.211. The highest BCUT2D eigenvalue weighted by molar-refractivity contribution is 6.11. The summed E-state index contributed by atoms with van der Waals surface area (Å²) in [7, 11) is 0. The number of allylic oxidation sites excluding steroid dienone is 2. The number of hydrogen-bond donors (Lipinski definition) is 2. The lowest BCUT2D eigenvalue weighted by molar-refractivity contribution is -0.385. The summed E-state index contributed by atoms with van der Waals surface area (Å²) in [5, 5.41) is 31.8. The average Bonchev–Trinajstić information content (AvgIpc) is 2.57. The Labute approximate surface area is 144 Å². The number of aromatic hydroxyl groups is 2. The molecule has 0 aromatic heterocycles. The van der Waals surface area contributed by atoms with Gasteiger partial charge in [0.05, 0.1) is 10.5 Å². The first-order valence-electron chi connectivity index (χ1n) is 7.85. The standard InChI is InChI=1S/C19H17NO5/c1-10-4-3-5-13-16(21)9-14(19(23)17(10)13)18(22)12-6-7-15(20(24)25)11(2)8-12/h3-4,6-10,21,23H,5H2,1-2H3. The van der Waals surface area contributed by atoms with Crippen molar-refractivity contribution in [3.63, 3.8) is 0 Å². The average molecular weight is 339 g/mol. The Kier molecular flexibility index (Phi) is 4.04. The van der Waals surface area contributed by atoms with Gasteiger partial charge < -0.3 is 10.2 Å². The smallest absolute Gasteiger partial charge is 0.272 e. The van der Waals surface area contributed by atoms with Gasteiger partial charge in [-0.05, 0) is 31.5 Å². The number of rotatable bonds is 3. The van der Waals surface area contributed by atoms with E-state index in [1.165, 1.54) is 24.3 Å². The maximum absolute atomic E-state index is 12.8. The van der Waals surface area contributed by atoms with E-state index in [-0.39, 0.29) is 34.2 Å². The summed E-state index contributed by atoms with van der Waals surface area (Å²) in [4.78, 5) is 23.2. The summed E-state index contributed by atoms with van der Waals surface area (Å²) in [5.41, 5.74) is 1.65. The number of carbonyl (C=O) groups is 1. The topological polar surface area (TPSA) is 101 Å². The molecule has 0 saturated heterocycles. The minimum absolute atomic E-state index is 0.00773. The molecule has 0 radical (unpaired) electrons. The van der Waals surface area contributed by atoms with Crippen LogP contribution in [-0.2, 0) is 6.42 Å². The second-order valence-corrected chi connectivity index (χ2v) is 6.19. The Hall–Kier alpha value is -3.15. The zero-order valence-corrected chi connectivity index (χ0v) is 13.8. The fourth-order valence-electron chi connectivity index (χ4n) is 3.24. The third-order valence-electron chi connectivity index (χ3n) is 4.53. The molecule has 0 heterocycles. The first-order chi connectivity index (χ1) is 11.8. The lowest BCUT2D eigenvalue weighted by atomic mass is 9.84. The third-order valence-corrected chi connectivity index (χ3v) is 4.53. The van der Waals surface area contributed by atoms with Crippen LogP contribution in [0.1, 0.15) is 45.5 Å². The van der Waals surface area contributed by atoms with Crippen LogP contribution in [0.5, 0.6) is 11.5 Å². The molecule has 0 saturated carbocycles. The van der Waals surface area contributed by atoms with Gasteiger partial charge >= 0.3 is 0 Å². The maximum atomic E-state index is 12.8. The Bertz CT molecular complexity index is 930. The normalized spacial score (nSPS) is 15.7. The molecule has 0 aliphatic heterocycles. The van der Waals surface area contributed by atoms with Crippen LogP contribution in [0.4, 0.5) is 5.69 Å². The molecule has 0 fully saturated rings. The molecule has 1 atom stereocenters. The van der Waals surface area contributed by atoms with Crippen molar-refractivity contribution in [2.24, 2.45) is 0 Å². The van der Waals surface area contributed by atoms with Crippen molar-refractivity contribution in [2.45, 2.75) is 26.2 Å².